The second kappa shape index (κ2) is 6.20. The predicted molar refractivity (Wildman–Crippen MR) is 87.1 cm³/mol. The number of hydrogen-bond acceptors (Lipinski definition) is 1. The Kier molecular flexibility index (Phi) is 4.24. The molecule has 0 bridgehead atoms. The van der Waals surface area contributed by atoms with E-state index in [1.165, 1.54) is 6.07 Å². The van der Waals surface area contributed by atoms with Crippen LogP contribution in [-0.2, 0) is 17.4 Å². The average Bonchev–Trinajstić information content (AvgIpc) is 2.95. The van der Waals surface area contributed by atoms with Gasteiger partial charge in [0.15, 0.2) is 0 Å². The quantitative estimate of drug-likeness (QED) is 0.683. The van der Waals surface area contributed by atoms with Gasteiger partial charge in [-0.05, 0) is 41.3 Å². The van der Waals surface area contributed by atoms with E-state index in [1.807, 2.05) is 18.2 Å². The van der Waals surface area contributed by atoms with Gasteiger partial charge in [0, 0.05) is 17.4 Å². The van der Waals surface area contributed by atoms with E-state index < -0.39 is 22.7 Å². The van der Waals surface area contributed by atoms with Crippen LogP contribution in [0, 0.1) is 0 Å². The lowest BCUT2D eigenvalue weighted by Gasteiger charge is -2.12. The molecule has 2 aromatic carbocycles. The molecule has 3 nitrogen and oxygen atoms in total. The molecule has 3 rings (SSSR count). The van der Waals surface area contributed by atoms with Crippen molar-refractivity contribution in [3.05, 3.63) is 64.8 Å². The fourth-order valence-corrected chi connectivity index (χ4v) is 2.64. The Morgan fingerprint density at radius 3 is 2.67 bits per heavy atom. The van der Waals surface area contributed by atoms with Crippen LogP contribution in [-0.4, -0.2) is 10.9 Å². The lowest BCUT2D eigenvalue weighted by Crippen LogP contribution is -2.15. The summed E-state index contributed by atoms with van der Waals surface area (Å²) in [5.41, 5.74) is 0.728. The molecule has 2 N–H and O–H groups in total. The fraction of sp³-hybridized carbons (Fsp3) is 0.118. The van der Waals surface area contributed by atoms with Crippen LogP contribution in [0.2, 0.25) is 5.02 Å². The maximum absolute atomic E-state index is 12.8. The fourth-order valence-electron chi connectivity index (χ4n) is 2.42. The third kappa shape index (κ3) is 3.54. The monoisotopic (exact) mass is 352 g/mol. The third-order valence-corrected chi connectivity index (χ3v) is 3.87. The number of alkyl halides is 3. The van der Waals surface area contributed by atoms with Crippen LogP contribution >= 0.6 is 11.6 Å². The number of nitrogens with one attached hydrogen (secondary N) is 2. The van der Waals surface area contributed by atoms with Gasteiger partial charge in [0.25, 0.3) is 0 Å². The maximum Gasteiger partial charge on any atom is 0.417 e. The highest BCUT2D eigenvalue weighted by Gasteiger charge is 2.33. The SMILES string of the molecule is O=C(Cc1ccc2cc[nH]c2c1)Nc1ccc(Cl)c(C(F)(F)F)c1. The van der Waals surface area contributed by atoms with Crippen molar-refractivity contribution >= 4 is 34.1 Å². The van der Waals surface area contributed by atoms with Gasteiger partial charge in [-0.25, -0.2) is 0 Å². The summed E-state index contributed by atoms with van der Waals surface area (Å²) in [6.07, 6.45) is -2.73. The molecular formula is C17H12ClF3N2O. The molecule has 1 amide bonds. The lowest BCUT2D eigenvalue weighted by atomic mass is 10.1. The van der Waals surface area contributed by atoms with Crippen LogP contribution in [0.1, 0.15) is 11.1 Å². The van der Waals surface area contributed by atoms with Gasteiger partial charge in [0.2, 0.25) is 5.91 Å². The minimum absolute atomic E-state index is 0.0534. The summed E-state index contributed by atoms with van der Waals surface area (Å²) in [4.78, 5) is 15.1. The van der Waals surface area contributed by atoms with Crippen molar-refractivity contribution in [1.29, 1.82) is 0 Å². The first-order valence-corrected chi connectivity index (χ1v) is 7.43. The van der Waals surface area contributed by atoms with Crippen molar-refractivity contribution in [2.75, 3.05) is 5.32 Å². The standard InChI is InChI=1S/C17H12ClF3N2O/c18-14-4-3-12(9-13(14)17(19,20)21)23-16(24)8-10-1-2-11-5-6-22-15(11)7-10/h1-7,9,22H,8H2,(H,23,24). The highest BCUT2D eigenvalue weighted by Crippen LogP contribution is 2.36. The number of aromatic nitrogens is 1. The van der Waals surface area contributed by atoms with Crippen molar-refractivity contribution < 1.29 is 18.0 Å². The van der Waals surface area contributed by atoms with Crippen molar-refractivity contribution in [2.45, 2.75) is 12.6 Å². The molecule has 0 aliphatic rings. The molecule has 0 spiro atoms. The van der Waals surface area contributed by atoms with Gasteiger partial charge >= 0.3 is 6.18 Å². The Morgan fingerprint density at radius 1 is 1.12 bits per heavy atom. The van der Waals surface area contributed by atoms with Crippen LogP contribution in [0.3, 0.4) is 0 Å². The number of amides is 1. The van der Waals surface area contributed by atoms with E-state index in [0.29, 0.717) is 0 Å². The number of anilines is 1. The molecule has 0 saturated carbocycles. The molecule has 0 radical (unpaired) electrons. The molecule has 3 aromatic rings. The summed E-state index contributed by atoms with van der Waals surface area (Å²) in [5, 5.41) is 3.08. The smallest absolute Gasteiger partial charge is 0.361 e. The number of benzene rings is 2. The lowest BCUT2D eigenvalue weighted by molar-refractivity contribution is -0.137. The zero-order valence-electron chi connectivity index (χ0n) is 12.2. The Hall–Kier alpha value is -2.47. The van der Waals surface area contributed by atoms with E-state index in [2.05, 4.69) is 10.3 Å². The van der Waals surface area contributed by atoms with Crippen molar-refractivity contribution in [1.82, 2.24) is 4.98 Å². The number of hydrogen-bond donors (Lipinski definition) is 2. The Morgan fingerprint density at radius 2 is 1.92 bits per heavy atom. The first-order chi connectivity index (χ1) is 11.3. The first kappa shape index (κ1) is 16.4. The number of fused-ring (bicyclic) bond motifs is 1. The molecule has 0 fully saturated rings. The molecular weight excluding hydrogens is 341 g/mol. The van der Waals surface area contributed by atoms with Gasteiger partial charge in [-0.1, -0.05) is 23.7 Å². The number of carbonyl (C=O) groups is 1. The van der Waals surface area contributed by atoms with E-state index in [9.17, 15) is 18.0 Å². The Bertz CT molecular complexity index is 902. The molecule has 1 heterocycles. The van der Waals surface area contributed by atoms with E-state index >= 15 is 0 Å². The van der Waals surface area contributed by atoms with E-state index in [4.69, 9.17) is 11.6 Å². The Balaban J connectivity index is 1.75. The van der Waals surface area contributed by atoms with Gasteiger partial charge in [-0.2, -0.15) is 13.2 Å². The van der Waals surface area contributed by atoms with Crippen molar-refractivity contribution in [3.8, 4) is 0 Å². The van der Waals surface area contributed by atoms with Gasteiger partial charge < -0.3 is 10.3 Å². The third-order valence-electron chi connectivity index (χ3n) is 3.54. The van der Waals surface area contributed by atoms with Crippen LogP contribution in [0.4, 0.5) is 18.9 Å². The van der Waals surface area contributed by atoms with Crippen LogP contribution in [0.25, 0.3) is 10.9 Å². The summed E-state index contributed by atoms with van der Waals surface area (Å²) < 4.78 is 38.5. The molecule has 0 saturated heterocycles. The zero-order valence-corrected chi connectivity index (χ0v) is 13.0. The maximum atomic E-state index is 12.8. The minimum Gasteiger partial charge on any atom is -0.361 e. The van der Waals surface area contributed by atoms with Gasteiger partial charge in [0.1, 0.15) is 0 Å². The second-order valence-electron chi connectivity index (χ2n) is 5.32. The molecule has 7 heteroatoms. The minimum atomic E-state index is -4.57. The van der Waals surface area contributed by atoms with Gasteiger partial charge in [0.05, 0.1) is 17.0 Å². The highest BCUT2D eigenvalue weighted by atomic mass is 35.5. The second-order valence-corrected chi connectivity index (χ2v) is 5.72. The number of halogens is 4. The molecule has 1 aromatic heterocycles. The van der Waals surface area contributed by atoms with Gasteiger partial charge in [-0.3, -0.25) is 4.79 Å². The molecule has 0 aliphatic heterocycles. The Labute approximate surface area is 140 Å². The summed E-state index contributed by atoms with van der Waals surface area (Å²) in [6.45, 7) is 0. The van der Waals surface area contributed by atoms with Crippen LogP contribution in [0.5, 0.6) is 0 Å². The van der Waals surface area contributed by atoms with Gasteiger partial charge in [-0.15, -0.1) is 0 Å². The first-order valence-electron chi connectivity index (χ1n) is 7.05. The summed E-state index contributed by atoms with van der Waals surface area (Å²) in [6, 6.07) is 10.7. The normalized spacial score (nSPS) is 11.7. The number of carbonyl (C=O) groups excluding carboxylic acids is 1. The molecule has 0 unspecified atom stereocenters. The average molecular weight is 353 g/mol. The van der Waals surface area contributed by atoms with E-state index in [1.54, 1.807) is 12.3 Å². The van der Waals surface area contributed by atoms with Crippen LogP contribution < -0.4 is 5.32 Å². The molecule has 124 valence electrons. The highest BCUT2D eigenvalue weighted by molar-refractivity contribution is 6.31. The summed E-state index contributed by atoms with van der Waals surface area (Å²) in [5.74, 6) is -0.406. The largest absolute Gasteiger partial charge is 0.417 e. The topological polar surface area (TPSA) is 44.9 Å². The van der Waals surface area contributed by atoms with E-state index in [0.717, 1.165) is 28.6 Å². The van der Waals surface area contributed by atoms with Crippen molar-refractivity contribution in [2.24, 2.45) is 0 Å². The zero-order chi connectivity index (χ0) is 17.3. The van der Waals surface area contributed by atoms with Crippen LogP contribution in [0.15, 0.2) is 48.7 Å². The van der Waals surface area contributed by atoms with Crippen molar-refractivity contribution in [3.63, 3.8) is 0 Å². The molecule has 0 atom stereocenters. The number of H-pyrrole nitrogens is 1. The summed E-state index contributed by atoms with van der Waals surface area (Å²) in [7, 11) is 0. The summed E-state index contributed by atoms with van der Waals surface area (Å²) >= 11 is 5.56. The molecule has 0 aliphatic carbocycles. The predicted octanol–water partition coefficient (Wildman–Crippen LogP) is 5.02. The number of aromatic amines is 1. The molecule has 24 heavy (non-hydrogen) atoms. The number of rotatable bonds is 3. The van der Waals surface area contributed by atoms with E-state index in [-0.39, 0.29) is 12.1 Å².